The van der Waals surface area contributed by atoms with E-state index in [2.05, 4.69) is 14.9 Å². The van der Waals surface area contributed by atoms with Gasteiger partial charge in [-0.3, -0.25) is 0 Å². The Bertz CT molecular complexity index is 573. The molecule has 1 N–H and O–H groups in total. The topological polar surface area (TPSA) is 29.9 Å². The average Bonchev–Trinajstić information content (AvgIpc) is 3.11. The average molecular weight is 259 g/mol. The lowest BCUT2D eigenvalue weighted by molar-refractivity contribution is 0.612. The highest BCUT2D eigenvalue weighted by Crippen LogP contribution is 2.19. The Labute approximate surface area is 112 Å². The predicted octanol–water partition coefficient (Wildman–Crippen LogP) is 2.63. The van der Waals surface area contributed by atoms with Crippen LogP contribution >= 0.6 is 0 Å². The number of imidazole rings is 1. The van der Waals surface area contributed by atoms with Crippen molar-refractivity contribution in [2.45, 2.75) is 38.9 Å². The van der Waals surface area contributed by atoms with Gasteiger partial charge < -0.3 is 9.88 Å². The van der Waals surface area contributed by atoms with E-state index in [-0.39, 0.29) is 5.82 Å². The molecule has 100 valence electrons. The molecule has 0 radical (unpaired) electrons. The first-order valence-electron chi connectivity index (χ1n) is 6.71. The monoisotopic (exact) mass is 259 g/mol. The molecule has 2 aromatic rings. The Morgan fingerprint density at radius 3 is 3.00 bits per heavy atom. The van der Waals surface area contributed by atoms with E-state index in [1.807, 2.05) is 25.4 Å². The Morgan fingerprint density at radius 2 is 2.26 bits per heavy atom. The van der Waals surface area contributed by atoms with E-state index in [9.17, 15) is 4.39 Å². The molecular weight excluding hydrogens is 241 g/mol. The minimum Gasteiger partial charge on any atom is -0.329 e. The van der Waals surface area contributed by atoms with Crippen molar-refractivity contribution in [1.29, 1.82) is 0 Å². The smallest absolute Gasteiger partial charge is 0.123 e. The third-order valence-corrected chi connectivity index (χ3v) is 3.57. The molecule has 3 rings (SSSR count). The van der Waals surface area contributed by atoms with Gasteiger partial charge in [0.1, 0.15) is 11.6 Å². The van der Waals surface area contributed by atoms with Crippen LogP contribution in [0.1, 0.15) is 29.8 Å². The molecular formula is C15H18FN3. The maximum absolute atomic E-state index is 13.1. The van der Waals surface area contributed by atoms with E-state index >= 15 is 0 Å². The Hall–Kier alpha value is -1.68. The largest absolute Gasteiger partial charge is 0.329 e. The third-order valence-electron chi connectivity index (χ3n) is 3.57. The summed E-state index contributed by atoms with van der Waals surface area (Å²) in [6.07, 6.45) is 6.35. The van der Waals surface area contributed by atoms with Gasteiger partial charge in [-0.05, 0) is 43.0 Å². The molecule has 1 aliphatic carbocycles. The van der Waals surface area contributed by atoms with Crippen molar-refractivity contribution < 1.29 is 4.39 Å². The summed E-state index contributed by atoms with van der Waals surface area (Å²) in [5, 5.41) is 3.47. The molecule has 1 aliphatic rings. The molecule has 1 saturated carbocycles. The molecule has 1 aromatic heterocycles. The molecule has 0 aliphatic heterocycles. The second-order valence-corrected chi connectivity index (χ2v) is 5.20. The maximum atomic E-state index is 13.1. The molecule has 0 amide bonds. The lowest BCUT2D eigenvalue weighted by Crippen LogP contribution is -2.19. The highest BCUT2D eigenvalue weighted by Gasteiger charge is 2.20. The summed E-state index contributed by atoms with van der Waals surface area (Å²) in [5.41, 5.74) is 2.11. The zero-order valence-corrected chi connectivity index (χ0v) is 11.1. The second-order valence-electron chi connectivity index (χ2n) is 5.20. The third kappa shape index (κ3) is 3.01. The molecule has 3 nitrogen and oxygen atoms in total. The summed E-state index contributed by atoms with van der Waals surface area (Å²) < 4.78 is 15.2. The van der Waals surface area contributed by atoms with Gasteiger partial charge >= 0.3 is 0 Å². The number of rotatable bonds is 5. The number of aromatic nitrogens is 2. The molecule has 19 heavy (non-hydrogen) atoms. The summed E-state index contributed by atoms with van der Waals surface area (Å²) in [7, 11) is 0. The summed E-state index contributed by atoms with van der Waals surface area (Å²) in [4.78, 5) is 4.39. The Kier molecular flexibility index (Phi) is 3.34. The normalized spacial score (nSPS) is 14.8. The SMILES string of the molecule is Cc1cc(F)ccc1Cn1ccnc1CNC1CC1. The van der Waals surface area contributed by atoms with Crippen LogP contribution in [0.4, 0.5) is 4.39 Å². The van der Waals surface area contributed by atoms with Crippen molar-refractivity contribution in [3.05, 3.63) is 53.4 Å². The van der Waals surface area contributed by atoms with Crippen LogP contribution in [0.2, 0.25) is 0 Å². The number of hydrogen-bond donors (Lipinski definition) is 1. The number of aryl methyl sites for hydroxylation is 1. The minimum absolute atomic E-state index is 0.178. The Morgan fingerprint density at radius 1 is 1.42 bits per heavy atom. The van der Waals surface area contributed by atoms with Gasteiger partial charge in [0.25, 0.3) is 0 Å². The molecule has 1 aromatic carbocycles. The molecule has 4 heteroatoms. The van der Waals surface area contributed by atoms with Gasteiger partial charge in [-0.25, -0.2) is 9.37 Å². The van der Waals surface area contributed by atoms with Crippen LogP contribution in [-0.2, 0) is 13.1 Å². The van der Waals surface area contributed by atoms with Gasteiger partial charge in [-0.15, -0.1) is 0 Å². The predicted molar refractivity (Wildman–Crippen MR) is 72.3 cm³/mol. The number of nitrogens with zero attached hydrogens (tertiary/aromatic N) is 2. The molecule has 0 unspecified atom stereocenters. The summed E-state index contributed by atoms with van der Waals surface area (Å²) in [6, 6.07) is 5.62. The van der Waals surface area contributed by atoms with E-state index in [0.717, 1.165) is 30.0 Å². The summed E-state index contributed by atoms with van der Waals surface area (Å²) >= 11 is 0. The van der Waals surface area contributed by atoms with Crippen LogP contribution in [0, 0.1) is 12.7 Å². The minimum atomic E-state index is -0.178. The van der Waals surface area contributed by atoms with Crippen LogP contribution in [-0.4, -0.2) is 15.6 Å². The standard InChI is InChI=1S/C15H18FN3/c1-11-8-13(16)3-2-12(11)10-19-7-6-17-15(19)9-18-14-4-5-14/h2-3,6-8,14,18H,4-5,9-10H2,1H3. The van der Waals surface area contributed by atoms with Crippen molar-refractivity contribution in [2.75, 3.05) is 0 Å². The highest BCUT2D eigenvalue weighted by molar-refractivity contribution is 5.27. The van der Waals surface area contributed by atoms with E-state index in [4.69, 9.17) is 0 Å². The molecule has 0 atom stereocenters. The van der Waals surface area contributed by atoms with Crippen molar-refractivity contribution in [1.82, 2.24) is 14.9 Å². The lowest BCUT2D eigenvalue weighted by Gasteiger charge is -2.11. The second kappa shape index (κ2) is 5.13. The first kappa shape index (κ1) is 12.4. The fourth-order valence-corrected chi connectivity index (χ4v) is 2.19. The Balaban J connectivity index is 1.73. The molecule has 1 fully saturated rings. The summed E-state index contributed by atoms with van der Waals surface area (Å²) in [5.74, 6) is 0.859. The van der Waals surface area contributed by atoms with E-state index in [1.54, 1.807) is 6.07 Å². The lowest BCUT2D eigenvalue weighted by atomic mass is 10.1. The zero-order valence-electron chi connectivity index (χ0n) is 11.1. The molecule has 0 bridgehead atoms. The number of hydrogen-bond acceptors (Lipinski definition) is 2. The van der Waals surface area contributed by atoms with Crippen molar-refractivity contribution in [3.63, 3.8) is 0 Å². The quantitative estimate of drug-likeness (QED) is 0.894. The van der Waals surface area contributed by atoms with Gasteiger partial charge in [0.15, 0.2) is 0 Å². The van der Waals surface area contributed by atoms with Crippen LogP contribution in [0.3, 0.4) is 0 Å². The van der Waals surface area contributed by atoms with E-state index in [1.165, 1.54) is 18.9 Å². The van der Waals surface area contributed by atoms with Crippen LogP contribution in [0.25, 0.3) is 0 Å². The van der Waals surface area contributed by atoms with Crippen LogP contribution in [0.15, 0.2) is 30.6 Å². The van der Waals surface area contributed by atoms with Crippen molar-refractivity contribution in [3.8, 4) is 0 Å². The number of halogens is 1. The number of benzene rings is 1. The van der Waals surface area contributed by atoms with Gasteiger partial charge in [0.2, 0.25) is 0 Å². The van der Waals surface area contributed by atoms with Gasteiger partial charge in [0.05, 0.1) is 6.54 Å². The first-order valence-corrected chi connectivity index (χ1v) is 6.71. The number of nitrogens with one attached hydrogen (secondary N) is 1. The summed E-state index contributed by atoms with van der Waals surface area (Å²) in [6.45, 7) is 3.49. The van der Waals surface area contributed by atoms with E-state index in [0.29, 0.717) is 6.04 Å². The first-order chi connectivity index (χ1) is 9.22. The fourth-order valence-electron chi connectivity index (χ4n) is 2.19. The van der Waals surface area contributed by atoms with Crippen molar-refractivity contribution in [2.24, 2.45) is 0 Å². The van der Waals surface area contributed by atoms with E-state index < -0.39 is 0 Å². The fraction of sp³-hybridized carbons (Fsp3) is 0.400. The maximum Gasteiger partial charge on any atom is 0.123 e. The molecule has 1 heterocycles. The zero-order chi connectivity index (χ0) is 13.2. The highest BCUT2D eigenvalue weighted by atomic mass is 19.1. The van der Waals surface area contributed by atoms with Gasteiger partial charge in [-0.2, -0.15) is 0 Å². The van der Waals surface area contributed by atoms with Gasteiger partial charge in [-0.1, -0.05) is 6.07 Å². The van der Waals surface area contributed by atoms with Crippen LogP contribution < -0.4 is 5.32 Å². The van der Waals surface area contributed by atoms with Crippen molar-refractivity contribution >= 4 is 0 Å². The molecule has 0 saturated heterocycles. The molecule has 0 spiro atoms. The van der Waals surface area contributed by atoms with Crippen LogP contribution in [0.5, 0.6) is 0 Å². The van der Waals surface area contributed by atoms with Gasteiger partial charge in [0, 0.05) is 25.0 Å².